The topological polar surface area (TPSA) is 126 Å². The molecule has 0 aliphatic heterocycles. The van der Waals surface area contributed by atoms with Gasteiger partial charge in [-0.1, -0.05) is 35.9 Å². The van der Waals surface area contributed by atoms with E-state index in [1.165, 1.54) is 26.4 Å². The molecule has 0 atom stereocenters. The van der Waals surface area contributed by atoms with Crippen molar-refractivity contribution < 1.29 is 33.3 Å². The maximum atomic E-state index is 13.0. The normalized spacial score (nSPS) is 10.3. The minimum absolute atomic E-state index is 0.0455. The first-order valence-electron chi connectivity index (χ1n) is 10.3. The summed E-state index contributed by atoms with van der Waals surface area (Å²) in [6, 6.07) is 16.1. The molecule has 0 heterocycles. The van der Waals surface area contributed by atoms with Crippen LogP contribution in [0.5, 0.6) is 17.2 Å². The van der Waals surface area contributed by atoms with Crippen molar-refractivity contribution in [2.45, 2.75) is 6.61 Å². The Hall–Kier alpha value is -4.24. The van der Waals surface area contributed by atoms with Gasteiger partial charge in [0.2, 0.25) is 0 Å². The van der Waals surface area contributed by atoms with Gasteiger partial charge in [-0.25, -0.2) is 4.79 Å². The summed E-state index contributed by atoms with van der Waals surface area (Å²) in [4.78, 5) is 36.7. The molecule has 3 aromatic carbocycles. The molecule has 3 rings (SSSR count). The Morgan fingerprint density at radius 2 is 1.63 bits per heavy atom. The van der Waals surface area contributed by atoms with Gasteiger partial charge in [0.15, 0.2) is 18.1 Å². The fourth-order valence-electron chi connectivity index (χ4n) is 3.09. The summed E-state index contributed by atoms with van der Waals surface area (Å²) in [6.45, 7) is -0.373. The molecular formula is C25H23ClN2O7. The number of amides is 2. The van der Waals surface area contributed by atoms with Crippen LogP contribution in [0.1, 0.15) is 26.3 Å². The Labute approximate surface area is 206 Å². The summed E-state index contributed by atoms with van der Waals surface area (Å²) in [6.07, 6.45) is 0. The zero-order chi connectivity index (χ0) is 25.4. The van der Waals surface area contributed by atoms with Crippen LogP contribution in [0.25, 0.3) is 0 Å². The molecule has 0 aliphatic carbocycles. The zero-order valence-electron chi connectivity index (χ0n) is 19.0. The Kier molecular flexibility index (Phi) is 8.53. The zero-order valence-corrected chi connectivity index (χ0v) is 19.8. The number of methoxy groups -OCH3 is 2. The van der Waals surface area contributed by atoms with Crippen molar-refractivity contribution in [3.63, 3.8) is 0 Å². The molecule has 10 heteroatoms. The number of esters is 1. The minimum atomic E-state index is -0.719. The van der Waals surface area contributed by atoms with Crippen molar-refractivity contribution >= 4 is 35.1 Å². The van der Waals surface area contributed by atoms with Crippen LogP contribution in [-0.2, 0) is 16.1 Å². The van der Waals surface area contributed by atoms with Gasteiger partial charge in [0.25, 0.3) is 11.8 Å². The van der Waals surface area contributed by atoms with Crippen LogP contribution in [0.2, 0.25) is 5.02 Å². The molecule has 182 valence electrons. The first-order chi connectivity index (χ1) is 16.8. The fraction of sp³-hybridized carbons (Fsp3) is 0.160. The predicted molar refractivity (Wildman–Crippen MR) is 129 cm³/mol. The van der Waals surface area contributed by atoms with Crippen molar-refractivity contribution in [1.82, 2.24) is 0 Å². The number of halogens is 1. The number of anilines is 1. The molecule has 3 N–H and O–H groups in total. The minimum Gasteiger partial charge on any atom is -0.493 e. The SMILES string of the molecule is COc1cc(NC(=O)c2ccccc2Cl)c(C(=O)OCc2cccc(OCC(N)=O)c2)cc1OC. The van der Waals surface area contributed by atoms with Gasteiger partial charge in [0, 0.05) is 12.1 Å². The van der Waals surface area contributed by atoms with E-state index in [0.29, 0.717) is 17.1 Å². The molecule has 9 nitrogen and oxygen atoms in total. The molecule has 0 saturated heterocycles. The van der Waals surface area contributed by atoms with Gasteiger partial charge in [-0.15, -0.1) is 0 Å². The maximum absolute atomic E-state index is 13.0. The molecule has 0 aliphatic rings. The number of nitrogens with one attached hydrogen (secondary N) is 1. The second kappa shape index (κ2) is 11.8. The summed E-state index contributed by atoms with van der Waals surface area (Å²) in [5.41, 5.74) is 6.13. The van der Waals surface area contributed by atoms with Crippen LogP contribution < -0.4 is 25.3 Å². The van der Waals surface area contributed by atoms with E-state index in [2.05, 4.69) is 5.32 Å². The Morgan fingerprint density at radius 1 is 0.914 bits per heavy atom. The molecule has 0 spiro atoms. The Balaban J connectivity index is 1.83. The molecule has 3 aromatic rings. The van der Waals surface area contributed by atoms with Gasteiger partial charge in [0.05, 0.1) is 36.1 Å². The van der Waals surface area contributed by atoms with Gasteiger partial charge >= 0.3 is 5.97 Å². The average molecular weight is 499 g/mol. The monoisotopic (exact) mass is 498 g/mol. The van der Waals surface area contributed by atoms with E-state index < -0.39 is 17.8 Å². The lowest BCUT2D eigenvalue weighted by atomic mass is 10.1. The Bertz CT molecular complexity index is 1250. The summed E-state index contributed by atoms with van der Waals surface area (Å²) in [5, 5.41) is 2.94. The highest BCUT2D eigenvalue weighted by molar-refractivity contribution is 6.34. The maximum Gasteiger partial charge on any atom is 0.340 e. The van der Waals surface area contributed by atoms with E-state index in [1.807, 2.05) is 0 Å². The largest absolute Gasteiger partial charge is 0.493 e. The highest BCUT2D eigenvalue weighted by Crippen LogP contribution is 2.34. The second-order valence-electron chi connectivity index (χ2n) is 7.17. The van der Waals surface area contributed by atoms with Crippen LogP contribution in [0.15, 0.2) is 60.7 Å². The van der Waals surface area contributed by atoms with E-state index in [-0.39, 0.29) is 40.8 Å². The van der Waals surface area contributed by atoms with Gasteiger partial charge in [-0.3, -0.25) is 9.59 Å². The lowest BCUT2D eigenvalue weighted by Gasteiger charge is -2.16. The molecule has 35 heavy (non-hydrogen) atoms. The quantitative estimate of drug-likeness (QED) is 0.407. The molecule has 2 amide bonds. The highest BCUT2D eigenvalue weighted by atomic mass is 35.5. The van der Waals surface area contributed by atoms with Crippen molar-refractivity contribution in [2.75, 3.05) is 26.1 Å². The highest BCUT2D eigenvalue weighted by Gasteiger charge is 2.21. The van der Waals surface area contributed by atoms with Crippen LogP contribution in [0.4, 0.5) is 5.69 Å². The first-order valence-corrected chi connectivity index (χ1v) is 10.7. The summed E-state index contributed by atoms with van der Waals surface area (Å²) in [5.74, 6) is -0.868. The fourth-order valence-corrected chi connectivity index (χ4v) is 3.31. The van der Waals surface area contributed by atoms with Gasteiger partial charge in [0.1, 0.15) is 12.4 Å². The molecule has 0 unspecified atom stereocenters. The van der Waals surface area contributed by atoms with Crippen LogP contribution in [0, 0.1) is 0 Å². The van der Waals surface area contributed by atoms with E-state index in [4.69, 9.17) is 36.3 Å². The number of rotatable bonds is 10. The Morgan fingerprint density at radius 3 is 2.31 bits per heavy atom. The van der Waals surface area contributed by atoms with Crippen LogP contribution in [0.3, 0.4) is 0 Å². The molecule has 0 bridgehead atoms. The number of primary amides is 1. The lowest BCUT2D eigenvalue weighted by Crippen LogP contribution is -2.20. The average Bonchev–Trinajstić information content (AvgIpc) is 2.86. The van der Waals surface area contributed by atoms with Gasteiger partial charge in [-0.2, -0.15) is 0 Å². The number of hydrogen-bond donors (Lipinski definition) is 2. The van der Waals surface area contributed by atoms with Crippen molar-refractivity contribution in [3.05, 3.63) is 82.4 Å². The van der Waals surface area contributed by atoms with Crippen LogP contribution in [-0.4, -0.2) is 38.6 Å². The van der Waals surface area contributed by atoms with E-state index in [0.717, 1.165) is 0 Å². The number of nitrogens with two attached hydrogens (primary N) is 1. The van der Waals surface area contributed by atoms with Gasteiger partial charge in [-0.05, 0) is 29.8 Å². The summed E-state index contributed by atoms with van der Waals surface area (Å²) < 4.78 is 21.3. The lowest BCUT2D eigenvalue weighted by molar-refractivity contribution is -0.119. The van der Waals surface area contributed by atoms with E-state index in [9.17, 15) is 14.4 Å². The summed E-state index contributed by atoms with van der Waals surface area (Å²) in [7, 11) is 2.86. The summed E-state index contributed by atoms with van der Waals surface area (Å²) >= 11 is 6.13. The number of carbonyl (C=O) groups is 3. The predicted octanol–water partition coefficient (Wildman–Crippen LogP) is 3.83. The number of hydrogen-bond acceptors (Lipinski definition) is 7. The smallest absolute Gasteiger partial charge is 0.340 e. The third kappa shape index (κ3) is 6.64. The molecular weight excluding hydrogens is 476 g/mol. The van der Waals surface area contributed by atoms with Crippen LogP contribution >= 0.6 is 11.6 Å². The second-order valence-corrected chi connectivity index (χ2v) is 7.57. The van der Waals surface area contributed by atoms with E-state index >= 15 is 0 Å². The third-order valence-corrected chi connectivity index (χ3v) is 5.09. The standard InChI is InChI=1S/C25H23ClN2O7/c1-32-21-11-18(25(31)35-13-15-6-5-7-16(10-15)34-14-23(27)29)20(12-22(21)33-2)28-24(30)17-8-3-4-9-19(17)26/h3-12H,13-14H2,1-2H3,(H2,27,29)(H,28,30). The number of ether oxygens (including phenoxy) is 4. The molecule has 0 radical (unpaired) electrons. The van der Waals surface area contributed by atoms with Crippen molar-refractivity contribution in [1.29, 1.82) is 0 Å². The number of benzene rings is 3. The molecule has 0 saturated carbocycles. The molecule has 0 aromatic heterocycles. The third-order valence-electron chi connectivity index (χ3n) is 4.76. The first kappa shape index (κ1) is 25.4. The van der Waals surface area contributed by atoms with Gasteiger partial charge < -0.3 is 30.0 Å². The molecule has 0 fully saturated rings. The van der Waals surface area contributed by atoms with E-state index in [1.54, 1.807) is 48.5 Å². The number of carbonyl (C=O) groups excluding carboxylic acids is 3. The van der Waals surface area contributed by atoms with Crippen molar-refractivity contribution in [2.24, 2.45) is 5.73 Å². The van der Waals surface area contributed by atoms with Crippen molar-refractivity contribution in [3.8, 4) is 17.2 Å².